The number of carbonyl (C=O) groups excluding carboxylic acids is 3. The predicted molar refractivity (Wildman–Crippen MR) is 150 cm³/mol. The lowest BCUT2D eigenvalue weighted by Gasteiger charge is -2.23. The Bertz CT molecular complexity index is 677. The van der Waals surface area contributed by atoms with Gasteiger partial charge in [-0.15, -0.1) is 0 Å². The summed E-state index contributed by atoms with van der Waals surface area (Å²) in [5.74, 6) is -0.620. The van der Waals surface area contributed by atoms with E-state index < -0.39 is 29.1 Å². The number of thioether (sulfide) groups is 1. The number of carboxylic acids is 1. The fourth-order valence-corrected chi connectivity index (χ4v) is 4.78. The van der Waals surface area contributed by atoms with Crippen molar-refractivity contribution in [2.24, 2.45) is 5.92 Å². The summed E-state index contributed by atoms with van der Waals surface area (Å²) in [7, 11) is 0. The van der Waals surface area contributed by atoms with Crippen LogP contribution in [0.4, 0.5) is 0 Å². The molecule has 1 N–H and O–H groups in total. The van der Waals surface area contributed by atoms with Gasteiger partial charge in [0.2, 0.25) is 0 Å². The van der Waals surface area contributed by atoms with Crippen LogP contribution in [0.5, 0.6) is 0 Å². The molecule has 0 radical (unpaired) electrons. The summed E-state index contributed by atoms with van der Waals surface area (Å²) in [5, 5.41) is 8.93. The van der Waals surface area contributed by atoms with E-state index in [9.17, 15) is 19.2 Å². The summed E-state index contributed by atoms with van der Waals surface area (Å²) in [5.41, 5.74) is -1.11. The fourth-order valence-electron chi connectivity index (χ4n) is 3.76. The number of carboxylic acid groups (broad SMARTS) is 1. The number of Topliss-reactive ketones (excluding diaryl/α,β-unsaturated/α-hetero) is 1. The van der Waals surface area contributed by atoms with Gasteiger partial charge in [0.05, 0.1) is 0 Å². The van der Waals surface area contributed by atoms with Crippen LogP contribution in [-0.2, 0) is 28.7 Å². The fraction of sp³-hybridized carbons (Fsp3) is 0.862. The molecular formula is C29H52O7S. The Labute approximate surface area is 229 Å². The molecule has 0 aliphatic rings. The molecule has 0 aliphatic heterocycles. The van der Waals surface area contributed by atoms with Gasteiger partial charge in [0.1, 0.15) is 22.9 Å². The topological polar surface area (TPSA) is 107 Å². The van der Waals surface area contributed by atoms with Crippen LogP contribution < -0.4 is 0 Å². The van der Waals surface area contributed by atoms with Gasteiger partial charge in [0.15, 0.2) is 0 Å². The average Bonchev–Trinajstić information content (AvgIpc) is 2.73. The highest BCUT2D eigenvalue weighted by Crippen LogP contribution is 2.20. The summed E-state index contributed by atoms with van der Waals surface area (Å²) in [4.78, 5) is 47.5. The number of ketones is 1. The van der Waals surface area contributed by atoms with Crippen LogP contribution in [-0.4, -0.2) is 51.5 Å². The Morgan fingerprint density at radius 1 is 0.649 bits per heavy atom. The molecule has 7 nitrogen and oxygen atoms in total. The Morgan fingerprint density at radius 2 is 1.11 bits per heavy atom. The molecule has 8 heteroatoms. The van der Waals surface area contributed by atoms with Gasteiger partial charge in [-0.25, -0.2) is 0 Å². The van der Waals surface area contributed by atoms with Crippen LogP contribution in [0.25, 0.3) is 0 Å². The third-order valence-electron chi connectivity index (χ3n) is 5.53. The quantitative estimate of drug-likeness (QED) is 0.0923. The first-order valence-corrected chi connectivity index (χ1v) is 15.1. The zero-order chi connectivity index (χ0) is 28.3. The maximum atomic E-state index is 12.6. The normalized spacial score (nSPS) is 12.7. The second-order valence-electron chi connectivity index (χ2n) is 11.7. The third-order valence-corrected chi connectivity index (χ3v) is 6.68. The highest BCUT2D eigenvalue weighted by Gasteiger charge is 2.31. The molecule has 1 unspecified atom stereocenters. The molecule has 0 aliphatic carbocycles. The van der Waals surface area contributed by atoms with Crippen LogP contribution in [0, 0.1) is 5.92 Å². The van der Waals surface area contributed by atoms with Gasteiger partial charge >= 0.3 is 17.9 Å². The number of hydrogen-bond donors (Lipinski definition) is 1. The van der Waals surface area contributed by atoms with E-state index in [1.807, 2.05) is 32.5 Å². The second kappa shape index (κ2) is 19.5. The number of hydrogen-bond acceptors (Lipinski definition) is 7. The molecule has 37 heavy (non-hydrogen) atoms. The van der Waals surface area contributed by atoms with Gasteiger partial charge < -0.3 is 14.6 Å². The van der Waals surface area contributed by atoms with Crippen LogP contribution in [0.3, 0.4) is 0 Å². The molecule has 0 bridgehead atoms. The van der Waals surface area contributed by atoms with Crippen molar-refractivity contribution in [3.05, 3.63) is 0 Å². The Balaban J connectivity index is 3.77. The predicted octanol–water partition coefficient (Wildman–Crippen LogP) is 7.13. The minimum Gasteiger partial charge on any atom is -0.481 e. The minimum absolute atomic E-state index is 0.00755. The Kier molecular flexibility index (Phi) is 18.7. The maximum absolute atomic E-state index is 12.6. The standard InChI is InChI=1S/C29H52O7S/c1-28(2,3)35-26(33)18-14-10-8-12-16-22-37-21-15-11-7-9-13-17-24(30)23(19-20-25(31)32)27(34)36-29(4,5)6/h23H,7-22H2,1-6H3,(H,31,32). The first kappa shape index (κ1) is 35.4. The van der Waals surface area contributed by atoms with Gasteiger partial charge in [0.25, 0.3) is 0 Å². The summed E-state index contributed by atoms with van der Waals surface area (Å²) < 4.78 is 10.6. The van der Waals surface area contributed by atoms with Gasteiger partial charge in [0, 0.05) is 19.3 Å². The number of unbranched alkanes of at least 4 members (excludes halogenated alkanes) is 8. The first-order chi connectivity index (χ1) is 17.2. The molecule has 0 spiro atoms. The van der Waals surface area contributed by atoms with Crippen LogP contribution in [0.2, 0.25) is 0 Å². The highest BCUT2D eigenvalue weighted by molar-refractivity contribution is 7.99. The van der Waals surface area contributed by atoms with E-state index in [1.165, 1.54) is 18.6 Å². The number of ether oxygens (including phenoxy) is 2. The molecule has 1 atom stereocenters. The molecule has 0 fully saturated rings. The SMILES string of the molecule is CC(C)(C)OC(=O)CCCCCCCSCCCCCCCC(=O)C(CCC(=O)O)C(=O)OC(C)(C)C. The number of carbonyl (C=O) groups is 4. The molecule has 0 saturated heterocycles. The number of aliphatic carboxylic acids is 1. The van der Waals surface area contributed by atoms with Gasteiger partial charge in [-0.3, -0.25) is 19.2 Å². The summed E-state index contributed by atoms with van der Waals surface area (Å²) in [6.07, 6.45) is 11.1. The van der Waals surface area contributed by atoms with Crippen molar-refractivity contribution in [2.45, 2.75) is 143 Å². The largest absolute Gasteiger partial charge is 0.481 e. The van der Waals surface area contributed by atoms with Crippen molar-refractivity contribution in [3.63, 3.8) is 0 Å². The summed E-state index contributed by atoms with van der Waals surface area (Å²) in [6.45, 7) is 10.9. The van der Waals surface area contributed by atoms with Crippen LogP contribution in [0.15, 0.2) is 0 Å². The van der Waals surface area contributed by atoms with Crippen LogP contribution in [0.1, 0.15) is 131 Å². The van der Waals surface area contributed by atoms with E-state index in [1.54, 1.807) is 20.8 Å². The minimum atomic E-state index is -1.02. The second-order valence-corrected chi connectivity index (χ2v) is 12.9. The number of esters is 2. The molecule has 0 rings (SSSR count). The molecular weight excluding hydrogens is 492 g/mol. The van der Waals surface area contributed by atoms with E-state index >= 15 is 0 Å². The zero-order valence-electron chi connectivity index (χ0n) is 24.2. The molecule has 0 aromatic rings. The lowest BCUT2D eigenvalue weighted by molar-refractivity contribution is -0.162. The monoisotopic (exact) mass is 544 g/mol. The average molecular weight is 545 g/mol. The molecule has 0 amide bonds. The first-order valence-electron chi connectivity index (χ1n) is 14.0. The van der Waals surface area contributed by atoms with Crippen molar-refractivity contribution in [1.82, 2.24) is 0 Å². The van der Waals surface area contributed by atoms with E-state index in [0.29, 0.717) is 12.8 Å². The van der Waals surface area contributed by atoms with E-state index in [0.717, 1.165) is 50.7 Å². The summed E-state index contributed by atoms with van der Waals surface area (Å²) in [6, 6.07) is 0. The lowest BCUT2D eigenvalue weighted by Crippen LogP contribution is -2.33. The van der Waals surface area contributed by atoms with Gasteiger partial charge in [-0.1, -0.05) is 38.5 Å². The molecule has 0 heterocycles. The van der Waals surface area contributed by atoms with Crippen molar-refractivity contribution < 1.29 is 33.8 Å². The van der Waals surface area contributed by atoms with Crippen molar-refractivity contribution in [1.29, 1.82) is 0 Å². The van der Waals surface area contributed by atoms with Crippen molar-refractivity contribution in [3.8, 4) is 0 Å². The van der Waals surface area contributed by atoms with E-state index in [4.69, 9.17) is 14.6 Å². The molecule has 0 aromatic heterocycles. The van der Waals surface area contributed by atoms with E-state index in [2.05, 4.69) is 0 Å². The van der Waals surface area contributed by atoms with Gasteiger partial charge in [-0.2, -0.15) is 11.8 Å². The Morgan fingerprint density at radius 3 is 1.59 bits per heavy atom. The van der Waals surface area contributed by atoms with Gasteiger partial charge in [-0.05, 0) is 85.2 Å². The van der Waals surface area contributed by atoms with Crippen LogP contribution >= 0.6 is 11.8 Å². The lowest BCUT2D eigenvalue weighted by atomic mass is 9.94. The molecule has 0 aromatic carbocycles. The Hall–Kier alpha value is -1.57. The zero-order valence-corrected chi connectivity index (χ0v) is 25.0. The highest BCUT2D eigenvalue weighted by atomic mass is 32.2. The third kappa shape index (κ3) is 23.3. The van der Waals surface area contributed by atoms with E-state index in [-0.39, 0.29) is 31.0 Å². The number of rotatable bonds is 21. The van der Waals surface area contributed by atoms with Crippen molar-refractivity contribution in [2.75, 3.05) is 11.5 Å². The smallest absolute Gasteiger partial charge is 0.317 e. The molecule has 0 saturated carbocycles. The maximum Gasteiger partial charge on any atom is 0.317 e. The molecule has 216 valence electrons. The van der Waals surface area contributed by atoms with Crippen molar-refractivity contribution >= 4 is 35.5 Å². The summed E-state index contributed by atoms with van der Waals surface area (Å²) >= 11 is 1.99.